The van der Waals surface area contributed by atoms with Gasteiger partial charge in [0.25, 0.3) is 5.91 Å². The third-order valence-corrected chi connectivity index (χ3v) is 6.28. The van der Waals surface area contributed by atoms with E-state index in [-0.39, 0.29) is 36.8 Å². The van der Waals surface area contributed by atoms with Crippen molar-refractivity contribution in [3.8, 4) is 0 Å². The number of likely N-dealkylation sites (tertiary alicyclic amines) is 1. The number of carbonyl (C=O) groups is 1. The minimum Gasteiger partial charge on any atom is -0.336 e. The molecule has 1 aliphatic rings. The molecule has 2 atom stereocenters. The smallest absolute Gasteiger partial charge is 0.254 e. The molecule has 3 rings (SSSR count). The van der Waals surface area contributed by atoms with Crippen LogP contribution in [0, 0.1) is 12.8 Å². The maximum Gasteiger partial charge on any atom is 0.254 e. The molecular weight excluding hydrogens is 409 g/mol. The Morgan fingerprint density at radius 3 is 2.58 bits per heavy atom. The summed E-state index contributed by atoms with van der Waals surface area (Å²) in [6.07, 6.45) is 1.00. The van der Waals surface area contributed by atoms with Gasteiger partial charge in [-0.25, -0.2) is 4.98 Å². The Kier molecular flexibility index (Phi) is 9.41. The van der Waals surface area contributed by atoms with Gasteiger partial charge in [0.1, 0.15) is 0 Å². The van der Waals surface area contributed by atoms with Gasteiger partial charge in [-0.3, -0.25) is 4.79 Å². The monoisotopic (exact) mass is 433 g/mol. The number of carbonyl (C=O) groups excluding carboxylic acids is 1. The lowest BCUT2D eigenvalue weighted by atomic mass is 10.1. The van der Waals surface area contributed by atoms with E-state index in [9.17, 15) is 4.79 Å². The van der Waals surface area contributed by atoms with Gasteiger partial charge < -0.3 is 10.6 Å². The molecule has 4 nitrogen and oxygen atoms in total. The SMILES string of the molecule is Cc1nc(CSc2ccc(C(=O)N3CC(CN)CC3C)cc2)cs1.Cl.Cl. The Hall–Kier alpha value is -0.790. The number of thiazole rings is 1. The fraction of sp³-hybridized carbons (Fsp3) is 0.444. The molecule has 1 aromatic heterocycles. The predicted molar refractivity (Wildman–Crippen MR) is 115 cm³/mol. The van der Waals surface area contributed by atoms with Crippen LogP contribution < -0.4 is 5.73 Å². The van der Waals surface area contributed by atoms with Gasteiger partial charge in [-0.05, 0) is 57.0 Å². The van der Waals surface area contributed by atoms with E-state index in [1.165, 1.54) is 0 Å². The molecule has 26 heavy (non-hydrogen) atoms. The maximum absolute atomic E-state index is 12.7. The molecule has 2 unspecified atom stereocenters. The average molecular weight is 434 g/mol. The lowest BCUT2D eigenvalue weighted by molar-refractivity contribution is 0.0743. The van der Waals surface area contributed by atoms with Crippen molar-refractivity contribution >= 4 is 53.8 Å². The third kappa shape index (κ3) is 5.60. The summed E-state index contributed by atoms with van der Waals surface area (Å²) in [5, 5.41) is 3.20. The first kappa shape index (κ1) is 23.2. The standard InChI is InChI=1S/C18H23N3OS2.2ClH/c1-12-7-14(8-19)9-21(12)18(22)15-3-5-17(6-4-15)24-11-16-10-23-13(2)20-16;;/h3-6,10,12,14H,7-9,11,19H2,1-2H3;2*1H. The summed E-state index contributed by atoms with van der Waals surface area (Å²) >= 11 is 3.43. The van der Waals surface area contributed by atoms with Crippen LogP contribution >= 0.6 is 47.9 Å². The van der Waals surface area contributed by atoms with E-state index in [0.29, 0.717) is 12.5 Å². The summed E-state index contributed by atoms with van der Waals surface area (Å²) in [7, 11) is 0. The second kappa shape index (κ2) is 10.5. The van der Waals surface area contributed by atoms with Crippen LogP contribution in [0.3, 0.4) is 0 Å². The summed E-state index contributed by atoms with van der Waals surface area (Å²) in [5.74, 6) is 1.41. The van der Waals surface area contributed by atoms with Gasteiger partial charge >= 0.3 is 0 Å². The van der Waals surface area contributed by atoms with Crippen LogP contribution in [0.1, 0.15) is 34.4 Å². The molecule has 2 N–H and O–H groups in total. The van der Waals surface area contributed by atoms with E-state index in [1.807, 2.05) is 36.1 Å². The fourth-order valence-corrected chi connectivity index (χ4v) is 4.60. The van der Waals surface area contributed by atoms with Crippen LogP contribution in [0.5, 0.6) is 0 Å². The van der Waals surface area contributed by atoms with Gasteiger partial charge in [0, 0.05) is 34.2 Å². The first-order valence-corrected chi connectivity index (χ1v) is 10.1. The third-order valence-electron chi connectivity index (χ3n) is 4.41. The largest absolute Gasteiger partial charge is 0.336 e. The molecule has 144 valence electrons. The van der Waals surface area contributed by atoms with Crippen LogP contribution in [0.4, 0.5) is 0 Å². The van der Waals surface area contributed by atoms with Crippen molar-refractivity contribution in [1.29, 1.82) is 0 Å². The van der Waals surface area contributed by atoms with E-state index < -0.39 is 0 Å². The van der Waals surface area contributed by atoms with Crippen LogP contribution in [0.25, 0.3) is 0 Å². The van der Waals surface area contributed by atoms with Gasteiger partial charge in [0.2, 0.25) is 0 Å². The first-order valence-electron chi connectivity index (χ1n) is 8.21. The predicted octanol–water partition coefficient (Wildman–Crippen LogP) is 4.40. The molecule has 0 radical (unpaired) electrons. The first-order chi connectivity index (χ1) is 11.6. The van der Waals surface area contributed by atoms with Crippen LogP contribution in [-0.4, -0.2) is 34.9 Å². The molecule has 8 heteroatoms. The summed E-state index contributed by atoms with van der Waals surface area (Å²) in [6.45, 7) is 5.55. The lowest BCUT2D eigenvalue weighted by Crippen LogP contribution is -2.34. The van der Waals surface area contributed by atoms with E-state index in [0.717, 1.165) is 39.9 Å². The molecular formula is C18H25Cl2N3OS2. The normalized spacial score (nSPS) is 19.0. The molecule has 1 saturated heterocycles. The van der Waals surface area contributed by atoms with Crippen molar-refractivity contribution < 1.29 is 4.79 Å². The Balaban J connectivity index is 0.00000169. The van der Waals surface area contributed by atoms with Crippen LogP contribution in [0.2, 0.25) is 0 Å². The number of hydrogen-bond acceptors (Lipinski definition) is 5. The molecule has 0 saturated carbocycles. The topological polar surface area (TPSA) is 59.2 Å². The van der Waals surface area contributed by atoms with Crippen molar-refractivity contribution in [2.24, 2.45) is 11.7 Å². The molecule has 1 fully saturated rings. The summed E-state index contributed by atoms with van der Waals surface area (Å²) < 4.78 is 0. The fourth-order valence-electron chi connectivity index (χ4n) is 3.09. The number of hydrogen-bond donors (Lipinski definition) is 1. The zero-order valence-electron chi connectivity index (χ0n) is 14.9. The van der Waals surface area contributed by atoms with E-state index in [1.54, 1.807) is 23.1 Å². The molecule has 2 heterocycles. The highest BCUT2D eigenvalue weighted by molar-refractivity contribution is 7.98. The Morgan fingerprint density at radius 1 is 1.35 bits per heavy atom. The zero-order valence-corrected chi connectivity index (χ0v) is 18.1. The van der Waals surface area contributed by atoms with Gasteiger partial charge in [-0.1, -0.05) is 0 Å². The van der Waals surface area contributed by atoms with Gasteiger partial charge in [0.15, 0.2) is 0 Å². The highest BCUT2D eigenvalue weighted by Crippen LogP contribution is 2.26. The Morgan fingerprint density at radius 2 is 2.04 bits per heavy atom. The van der Waals surface area contributed by atoms with Gasteiger partial charge in [0.05, 0.1) is 10.7 Å². The minimum absolute atomic E-state index is 0. The number of amides is 1. The van der Waals surface area contributed by atoms with Crippen molar-refractivity contribution in [2.75, 3.05) is 13.1 Å². The minimum atomic E-state index is 0. The van der Waals surface area contributed by atoms with E-state index in [4.69, 9.17) is 5.73 Å². The summed E-state index contributed by atoms with van der Waals surface area (Å²) in [6, 6.07) is 8.18. The number of aryl methyl sites for hydroxylation is 1. The van der Waals surface area contributed by atoms with Crippen LogP contribution in [-0.2, 0) is 5.75 Å². The van der Waals surface area contributed by atoms with E-state index >= 15 is 0 Å². The molecule has 2 aromatic rings. The summed E-state index contributed by atoms with van der Waals surface area (Å²) in [5.41, 5.74) is 7.62. The molecule has 1 aromatic carbocycles. The molecule has 0 aliphatic carbocycles. The van der Waals surface area contributed by atoms with Crippen molar-refractivity contribution in [1.82, 2.24) is 9.88 Å². The molecule has 0 bridgehead atoms. The van der Waals surface area contributed by atoms with Crippen molar-refractivity contribution in [3.63, 3.8) is 0 Å². The molecule has 1 amide bonds. The second-order valence-corrected chi connectivity index (χ2v) is 8.43. The number of nitrogens with two attached hydrogens (primary N) is 1. The number of benzene rings is 1. The highest BCUT2D eigenvalue weighted by Gasteiger charge is 2.31. The van der Waals surface area contributed by atoms with Crippen LogP contribution in [0.15, 0.2) is 34.5 Å². The molecule has 0 spiro atoms. The van der Waals surface area contributed by atoms with E-state index in [2.05, 4.69) is 17.3 Å². The van der Waals surface area contributed by atoms with Crippen molar-refractivity contribution in [2.45, 2.75) is 37.0 Å². The number of rotatable bonds is 5. The highest BCUT2D eigenvalue weighted by atomic mass is 35.5. The van der Waals surface area contributed by atoms with Crippen molar-refractivity contribution in [3.05, 3.63) is 45.9 Å². The van der Waals surface area contributed by atoms with Gasteiger partial charge in [-0.2, -0.15) is 0 Å². The Labute approximate surface area is 175 Å². The number of nitrogens with zero attached hydrogens (tertiary/aromatic N) is 2. The Bertz CT molecular complexity index is 709. The number of halogens is 2. The number of thioether (sulfide) groups is 1. The number of aromatic nitrogens is 1. The zero-order chi connectivity index (χ0) is 17.1. The second-order valence-electron chi connectivity index (χ2n) is 6.31. The van der Waals surface area contributed by atoms with Gasteiger partial charge in [-0.15, -0.1) is 47.9 Å². The quantitative estimate of drug-likeness (QED) is 0.709. The lowest BCUT2D eigenvalue weighted by Gasteiger charge is -2.21. The summed E-state index contributed by atoms with van der Waals surface area (Å²) in [4.78, 5) is 20.3. The maximum atomic E-state index is 12.7. The molecule has 1 aliphatic heterocycles. The average Bonchev–Trinajstić information content (AvgIpc) is 3.18.